The average molecular weight is 141 g/mol. The lowest BCUT2D eigenvalue weighted by atomic mass is 9.94. The Labute approximate surface area is 62.0 Å². The lowest BCUT2D eigenvalue weighted by Gasteiger charge is -2.18. The van der Waals surface area contributed by atoms with E-state index in [-0.39, 0.29) is 5.91 Å². The normalized spacial score (nSPS) is 33.0. The van der Waals surface area contributed by atoms with Gasteiger partial charge in [-0.15, -0.1) is 0 Å². The summed E-state index contributed by atoms with van der Waals surface area (Å²) in [5.74, 6) is 1.31. The highest BCUT2D eigenvalue weighted by Gasteiger charge is 2.30. The molecule has 0 saturated carbocycles. The first-order valence-corrected chi connectivity index (χ1v) is 3.90. The van der Waals surface area contributed by atoms with Crippen molar-refractivity contribution in [2.45, 2.75) is 33.2 Å². The van der Waals surface area contributed by atoms with Crippen LogP contribution < -0.4 is 5.32 Å². The topological polar surface area (TPSA) is 29.1 Å². The zero-order valence-electron chi connectivity index (χ0n) is 6.85. The molecule has 0 aromatic rings. The minimum absolute atomic E-state index is 0.214. The highest BCUT2D eigenvalue weighted by molar-refractivity contribution is 5.78. The van der Waals surface area contributed by atoms with E-state index in [1.165, 1.54) is 0 Å². The molecule has 0 radical (unpaired) electrons. The third-order valence-corrected chi connectivity index (χ3v) is 2.17. The molecule has 1 heterocycles. The minimum atomic E-state index is 0.214. The van der Waals surface area contributed by atoms with E-state index < -0.39 is 0 Å². The fourth-order valence-corrected chi connectivity index (χ4v) is 1.63. The third kappa shape index (κ3) is 1.31. The van der Waals surface area contributed by atoms with Gasteiger partial charge in [0, 0.05) is 12.5 Å². The van der Waals surface area contributed by atoms with Gasteiger partial charge in [-0.1, -0.05) is 20.8 Å². The molecule has 0 aromatic carbocycles. The monoisotopic (exact) mass is 141 g/mol. The number of carbonyl (C=O) groups is 1. The number of hydrogen-bond donors (Lipinski definition) is 1. The van der Waals surface area contributed by atoms with Crippen molar-refractivity contribution >= 4 is 5.91 Å². The van der Waals surface area contributed by atoms with E-state index in [1.54, 1.807) is 0 Å². The molecule has 1 amide bonds. The van der Waals surface area contributed by atoms with Crippen LogP contribution in [0.3, 0.4) is 0 Å². The molecule has 1 aliphatic heterocycles. The Morgan fingerprint density at radius 3 is 2.40 bits per heavy atom. The summed E-state index contributed by atoms with van der Waals surface area (Å²) in [6.07, 6.45) is 0.711. The zero-order chi connectivity index (χ0) is 7.72. The van der Waals surface area contributed by atoms with Gasteiger partial charge < -0.3 is 5.32 Å². The number of hydrogen-bond acceptors (Lipinski definition) is 1. The Balaban J connectivity index is 2.54. The molecule has 1 fully saturated rings. The van der Waals surface area contributed by atoms with E-state index in [9.17, 15) is 4.79 Å². The summed E-state index contributed by atoms with van der Waals surface area (Å²) in [7, 11) is 0. The predicted molar refractivity (Wildman–Crippen MR) is 40.5 cm³/mol. The van der Waals surface area contributed by atoms with Crippen LogP contribution >= 0.6 is 0 Å². The van der Waals surface area contributed by atoms with Crippen molar-refractivity contribution in [3.8, 4) is 0 Å². The molecular weight excluding hydrogens is 126 g/mol. The lowest BCUT2D eigenvalue weighted by molar-refractivity contribution is -0.119. The number of carbonyl (C=O) groups excluding carboxylic acids is 1. The van der Waals surface area contributed by atoms with Crippen molar-refractivity contribution in [3.05, 3.63) is 0 Å². The van der Waals surface area contributed by atoms with Crippen molar-refractivity contribution in [2.75, 3.05) is 0 Å². The van der Waals surface area contributed by atoms with E-state index in [1.807, 2.05) is 0 Å². The Morgan fingerprint density at radius 2 is 2.20 bits per heavy atom. The van der Waals surface area contributed by atoms with Crippen LogP contribution in [0, 0.1) is 11.8 Å². The van der Waals surface area contributed by atoms with E-state index >= 15 is 0 Å². The molecule has 1 saturated heterocycles. The van der Waals surface area contributed by atoms with E-state index in [2.05, 4.69) is 26.1 Å². The van der Waals surface area contributed by atoms with Gasteiger partial charge in [-0.2, -0.15) is 0 Å². The average Bonchev–Trinajstić information content (AvgIpc) is 2.10. The molecule has 2 nitrogen and oxygen atoms in total. The Kier molecular flexibility index (Phi) is 1.97. The van der Waals surface area contributed by atoms with Crippen molar-refractivity contribution in [3.63, 3.8) is 0 Å². The molecule has 1 rings (SSSR count). The van der Waals surface area contributed by atoms with E-state index in [0.29, 0.717) is 24.3 Å². The van der Waals surface area contributed by atoms with Crippen molar-refractivity contribution in [2.24, 2.45) is 11.8 Å². The van der Waals surface area contributed by atoms with Gasteiger partial charge >= 0.3 is 0 Å². The summed E-state index contributed by atoms with van der Waals surface area (Å²) in [5.41, 5.74) is 0. The van der Waals surface area contributed by atoms with E-state index in [0.717, 1.165) is 0 Å². The maximum atomic E-state index is 10.9. The lowest BCUT2D eigenvalue weighted by Crippen LogP contribution is -2.32. The summed E-state index contributed by atoms with van der Waals surface area (Å²) in [4.78, 5) is 10.9. The number of nitrogens with one attached hydrogen (secondary N) is 1. The van der Waals surface area contributed by atoms with Crippen LogP contribution in [-0.4, -0.2) is 11.9 Å². The fraction of sp³-hybridized carbons (Fsp3) is 0.875. The van der Waals surface area contributed by atoms with Gasteiger partial charge in [-0.3, -0.25) is 4.79 Å². The van der Waals surface area contributed by atoms with Gasteiger partial charge in [0.05, 0.1) is 0 Å². The van der Waals surface area contributed by atoms with Crippen molar-refractivity contribution in [1.82, 2.24) is 5.32 Å². The van der Waals surface area contributed by atoms with Crippen LogP contribution in [0.1, 0.15) is 27.2 Å². The second-order valence-electron chi connectivity index (χ2n) is 3.52. The highest BCUT2D eigenvalue weighted by atomic mass is 16.2. The van der Waals surface area contributed by atoms with Gasteiger partial charge in [0.15, 0.2) is 0 Å². The third-order valence-electron chi connectivity index (χ3n) is 2.17. The maximum Gasteiger partial charge on any atom is 0.220 e. The molecule has 0 unspecified atom stereocenters. The second-order valence-corrected chi connectivity index (χ2v) is 3.52. The number of amides is 1. The quantitative estimate of drug-likeness (QED) is 0.583. The van der Waals surface area contributed by atoms with Crippen LogP contribution in [0.15, 0.2) is 0 Å². The summed E-state index contributed by atoms with van der Waals surface area (Å²) in [6.45, 7) is 6.42. The van der Waals surface area contributed by atoms with Crippen LogP contribution in [0.2, 0.25) is 0 Å². The van der Waals surface area contributed by atoms with Gasteiger partial charge in [-0.05, 0) is 11.8 Å². The summed E-state index contributed by atoms with van der Waals surface area (Å²) < 4.78 is 0. The van der Waals surface area contributed by atoms with Crippen molar-refractivity contribution < 1.29 is 4.79 Å². The molecule has 0 aromatic heterocycles. The highest BCUT2D eigenvalue weighted by Crippen LogP contribution is 2.21. The first-order chi connectivity index (χ1) is 4.61. The Hall–Kier alpha value is -0.530. The fourth-order valence-electron chi connectivity index (χ4n) is 1.63. The smallest absolute Gasteiger partial charge is 0.220 e. The molecular formula is C8H15NO. The summed E-state index contributed by atoms with van der Waals surface area (Å²) in [5, 5.41) is 2.96. The molecule has 2 heteroatoms. The minimum Gasteiger partial charge on any atom is -0.353 e. The van der Waals surface area contributed by atoms with Crippen LogP contribution in [0.5, 0.6) is 0 Å². The van der Waals surface area contributed by atoms with Gasteiger partial charge in [-0.25, -0.2) is 0 Å². The molecule has 1 aliphatic rings. The molecule has 10 heavy (non-hydrogen) atoms. The SMILES string of the molecule is CC(C)[C@H]1NC(=O)C[C@@H]1C. The zero-order valence-corrected chi connectivity index (χ0v) is 6.85. The molecule has 0 bridgehead atoms. The van der Waals surface area contributed by atoms with Crippen LogP contribution in [0.25, 0.3) is 0 Å². The first-order valence-electron chi connectivity index (χ1n) is 3.90. The second kappa shape index (κ2) is 2.60. The first kappa shape index (κ1) is 7.58. The van der Waals surface area contributed by atoms with Gasteiger partial charge in [0.25, 0.3) is 0 Å². The molecule has 58 valence electrons. The van der Waals surface area contributed by atoms with E-state index in [4.69, 9.17) is 0 Å². The van der Waals surface area contributed by atoms with Crippen LogP contribution in [-0.2, 0) is 4.79 Å². The summed E-state index contributed by atoms with van der Waals surface area (Å²) >= 11 is 0. The van der Waals surface area contributed by atoms with Gasteiger partial charge in [0.2, 0.25) is 5.91 Å². The van der Waals surface area contributed by atoms with Crippen LogP contribution in [0.4, 0.5) is 0 Å². The Morgan fingerprint density at radius 1 is 1.60 bits per heavy atom. The van der Waals surface area contributed by atoms with Gasteiger partial charge in [0.1, 0.15) is 0 Å². The maximum absolute atomic E-state index is 10.9. The van der Waals surface area contributed by atoms with Crippen molar-refractivity contribution in [1.29, 1.82) is 0 Å². The standard InChI is InChI=1S/C8H15NO/c1-5(2)8-6(3)4-7(10)9-8/h5-6,8H,4H2,1-3H3,(H,9,10)/t6-,8+/m0/s1. The molecule has 0 aliphatic carbocycles. The Bertz CT molecular complexity index is 142. The number of rotatable bonds is 1. The molecule has 2 atom stereocenters. The largest absolute Gasteiger partial charge is 0.353 e. The molecule has 1 N–H and O–H groups in total. The summed E-state index contributed by atoms with van der Waals surface area (Å²) in [6, 6.07) is 0.410. The molecule has 0 spiro atoms. The predicted octanol–water partition coefficient (Wildman–Crippen LogP) is 1.17.